The summed E-state index contributed by atoms with van der Waals surface area (Å²) >= 11 is 0. The van der Waals surface area contributed by atoms with Crippen molar-refractivity contribution >= 4 is 35.1 Å². The molecule has 0 aliphatic heterocycles. The molecule has 4 N–H and O–H groups in total. The number of amides is 2. The van der Waals surface area contributed by atoms with Crippen LogP contribution in [0.25, 0.3) is 0 Å². The van der Waals surface area contributed by atoms with Crippen LogP contribution in [0.15, 0.2) is 24.3 Å². The molecule has 0 heterocycles. The van der Waals surface area contributed by atoms with Crippen molar-refractivity contribution in [3.05, 3.63) is 46.5 Å². The fourth-order valence-electron chi connectivity index (χ4n) is 5.40. The number of rotatable bonds is 13. The van der Waals surface area contributed by atoms with Gasteiger partial charge in [-0.15, -0.1) is 0 Å². The Labute approximate surface area is 298 Å². The van der Waals surface area contributed by atoms with E-state index in [1.807, 2.05) is 83.1 Å². The summed E-state index contributed by atoms with van der Waals surface area (Å²) in [6, 6.07) is 6.95. The molecule has 0 unspecified atom stereocenters. The van der Waals surface area contributed by atoms with E-state index in [0.717, 1.165) is 12.8 Å². The molecular formula is C40H60N2O8. The third-order valence-electron chi connectivity index (χ3n) is 8.19. The number of hydrogen-bond donors (Lipinski definition) is 4. The molecule has 0 aliphatic carbocycles. The van der Waals surface area contributed by atoms with E-state index in [1.54, 1.807) is 24.3 Å². The number of benzene rings is 2. The number of unbranched alkanes of at least 4 members (excludes halogenated alkanes) is 3. The van der Waals surface area contributed by atoms with Crippen LogP contribution >= 0.6 is 0 Å². The number of esters is 2. The maximum Gasteiger partial charge on any atom is 0.315 e. The molecule has 2 aromatic carbocycles. The Morgan fingerprint density at radius 2 is 0.760 bits per heavy atom. The minimum Gasteiger partial charge on any atom is -0.507 e. The molecule has 0 atom stereocenters. The van der Waals surface area contributed by atoms with Gasteiger partial charge in [-0.05, 0) is 71.6 Å². The van der Waals surface area contributed by atoms with Crippen molar-refractivity contribution in [1.82, 2.24) is 0 Å². The number of nitrogens with one attached hydrogen (secondary N) is 2. The van der Waals surface area contributed by atoms with E-state index in [1.165, 1.54) is 0 Å². The minimum atomic E-state index is -0.628. The Hall–Kier alpha value is -4.08. The molecular weight excluding hydrogens is 636 g/mol. The summed E-state index contributed by atoms with van der Waals surface area (Å²) in [6.07, 6.45) is 1.77. The van der Waals surface area contributed by atoms with Gasteiger partial charge in [0, 0.05) is 33.6 Å². The van der Waals surface area contributed by atoms with Crippen LogP contribution in [0.4, 0.5) is 11.4 Å². The second-order valence-corrected chi connectivity index (χ2v) is 17.1. The van der Waals surface area contributed by atoms with Crippen LogP contribution in [0, 0.1) is 0 Å². The molecule has 0 fully saturated rings. The topological polar surface area (TPSA) is 151 Å². The van der Waals surface area contributed by atoms with Gasteiger partial charge in [-0.1, -0.05) is 83.1 Å². The van der Waals surface area contributed by atoms with Gasteiger partial charge in [0.15, 0.2) is 0 Å². The summed E-state index contributed by atoms with van der Waals surface area (Å²) < 4.78 is 10.5. The predicted molar refractivity (Wildman–Crippen MR) is 198 cm³/mol. The Kier molecular flexibility index (Phi) is 14.1. The van der Waals surface area contributed by atoms with Gasteiger partial charge in [-0.25, -0.2) is 0 Å². The standard InChI is InChI=1S/C40H60N2O8/c1-37(2,3)27-19-25(20-28(35(27)47)38(4,5)6)41-31(43)23-33(45)49-17-15-13-14-16-18-50-34(46)24-32(44)42-26-21-29(39(7,8)9)36(48)30(22-26)40(10,11)12/h19-22,47-48H,13-18,23-24H2,1-12H3,(H,41,43)(H,42,44). The number of ether oxygens (including phenoxy) is 2. The number of carbonyl (C=O) groups excluding carboxylic acids is 4. The molecule has 278 valence electrons. The van der Waals surface area contributed by atoms with Gasteiger partial charge in [0.1, 0.15) is 24.3 Å². The second kappa shape index (κ2) is 16.8. The number of carbonyl (C=O) groups is 4. The number of aromatic hydroxyl groups is 2. The smallest absolute Gasteiger partial charge is 0.315 e. The van der Waals surface area contributed by atoms with Gasteiger partial charge < -0.3 is 30.3 Å². The van der Waals surface area contributed by atoms with E-state index in [-0.39, 0.29) is 46.4 Å². The molecule has 50 heavy (non-hydrogen) atoms. The summed E-state index contributed by atoms with van der Waals surface area (Å²) in [5.74, 6) is -1.83. The monoisotopic (exact) mass is 696 g/mol. The van der Waals surface area contributed by atoms with Gasteiger partial charge >= 0.3 is 11.9 Å². The number of phenols is 2. The molecule has 0 radical (unpaired) electrons. The van der Waals surface area contributed by atoms with Gasteiger partial charge in [-0.2, -0.15) is 0 Å². The van der Waals surface area contributed by atoms with Crippen molar-refractivity contribution in [3.63, 3.8) is 0 Å². The van der Waals surface area contributed by atoms with Crippen molar-refractivity contribution < 1.29 is 38.9 Å². The summed E-state index contributed by atoms with van der Waals surface area (Å²) in [4.78, 5) is 49.8. The van der Waals surface area contributed by atoms with Crippen LogP contribution in [0.2, 0.25) is 0 Å². The lowest BCUT2D eigenvalue weighted by Crippen LogP contribution is -2.21. The summed E-state index contributed by atoms with van der Waals surface area (Å²) in [6.45, 7) is 24.1. The van der Waals surface area contributed by atoms with Gasteiger partial charge in [0.25, 0.3) is 0 Å². The van der Waals surface area contributed by atoms with Crippen molar-refractivity contribution in [3.8, 4) is 11.5 Å². The SMILES string of the molecule is CC(C)(C)c1cc(NC(=O)CC(=O)OCCCCCCOC(=O)CC(=O)Nc2cc(C(C)(C)C)c(O)c(C(C)(C)C)c2)cc(C(C)(C)C)c1O. The highest BCUT2D eigenvalue weighted by Crippen LogP contribution is 2.42. The fourth-order valence-corrected chi connectivity index (χ4v) is 5.40. The van der Waals surface area contributed by atoms with E-state index < -0.39 is 36.6 Å². The van der Waals surface area contributed by atoms with E-state index in [2.05, 4.69) is 10.6 Å². The van der Waals surface area contributed by atoms with E-state index in [9.17, 15) is 29.4 Å². The zero-order valence-corrected chi connectivity index (χ0v) is 32.3. The summed E-state index contributed by atoms with van der Waals surface area (Å²) in [5, 5.41) is 27.3. The van der Waals surface area contributed by atoms with Crippen LogP contribution in [0.3, 0.4) is 0 Å². The highest BCUT2D eigenvalue weighted by atomic mass is 16.5. The van der Waals surface area contributed by atoms with Gasteiger partial charge in [0.2, 0.25) is 11.8 Å². The third kappa shape index (κ3) is 13.0. The van der Waals surface area contributed by atoms with Crippen LogP contribution in [-0.2, 0) is 50.3 Å². The molecule has 0 aliphatic rings. The first-order chi connectivity index (χ1) is 22.8. The van der Waals surface area contributed by atoms with Gasteiger partial charge in [-0.3, -0.25) is 19.2 Å². The Morgan fingerprint density at radius 1 is 0.500 bits per heavy atom. The van der Waals surface area contributed by atoms with Crippen molar-refractivity contribution in [2.24, 2.45) is 0 Å². The molecule has 0 aromatic heterocycles. The Bertz CT molecular complexity index is 1350. The first-order valence-corrected chi connectivity index (χ1v) is 17.5. The van der Waals surface area contributed by atoms with Crippen molar-refractivity contribution in [2.75, 3.05) is 23.8 Å². The summed E-state index contributed by atoms with van der Waals surface area (Å²) in [7, 11) is 0. The lowest BCUT2D eigenvalue weighted by Gasteiger charge is -2.28. The highest BCUT2D eigenvalue weighted by Gasteiger charge is 2.28. The molecule has 2 rings (SSSR count). The predicted octanol–water partition coefficient (Wildman–Crippen LogP) is 8.29. The maximum atomic E-state index is 12.6. The lowest BCUT2D eigenvalue weighted by molar-refractivity contribution is -0.147. The first kappa shape index (κ1) is 42.1. The molecule has 10 heteroatoms. The van der Waals surface area contributed by atoms with Crippen molar-refractivity contribution in [2.45, 2.75) is 143 Å². The van der Waals surface area contributed by atoms with Crippen LogP contribution in [0.5, 0.6) is 11.5 Å². The molecule has 0 spiro atoms. The number of phenolic OH excluding ortho intramolecular Hbond substituents is 2. The second-order valence-electron chi connectivity index (χ2n) is 17.1. The first-order valence-electron chi connectivity index (χ1n) is 17.5. The van der Waals surface area contributed by atoms with E-state index in [0.29, 0.717) is 46.5 Å². The third-order valence-corrected chi connectivity index (χ3v) is 8.19. The van der Waals surface area contributed by atoms with E-state index in [4.69, 9.17) is 9.47 Å². The average molecular weight is 697 g/mol. The largest absolute Gasteiger partial charge is 0.507 e. The van der Waals surface area contributed by atoms with Crippen molar-refractivity contribution in [1.29, 1.82) is 0 Å². The molecule has 2 amide bonds. The normalized spacial score (nSPS) is 12.3. The molecule has 0 saturated heterocycles. The van der Waals surface area contributed by atoms with Crippen LogP contribution < -0.4 is 10.6 Å². The minimum absolute atomic E-state index is 0.165. The summed E-state index contributed by atoms with van der Waals surface area (Å²) in [5.41, 5.74) is 2.43. The number of hydrogen-bond acceptors (Lipinski definition) is 8. The molecule has 10 nitrogen and oxygen atoms in total. The average Bonchev–Trinajstić information content (AvgIpc) is 2.93. The molecule has 2 aromatic rings. The zero-order chi connectivity index (χ0) is 38.2. The molecule has 0 saturated carbocycles. The quantitative estimate of drug-likeness (QED) is 0.0707. The zero-order valence-electron chi connectivity index (χ0n) is 32.3. The Morgan fingerprint density at radius 3 is 1.00 bits per heavy atom. The van der Waals surface area contributed by atoms with Gasteiger partial charge in [0.05, 0.1) is 13.2 Å². The molecule has 0 bridgehead atoms. The highest BCUT2D eigenvalue weighted by molar-refractivity contribution is 6.02. The Balaban J connectivity index is 1.72. The van der Waals surface area contributed by atoms with Crippen LogP contribution in [0.1, 0.15) is 144 Å². The lowest BCUT2D eigenvalue weighted by atomic mass is 9.79. The van der Waals surface area contributed by atoms with Crippen LogP contribution in [-0.4, -0.2) is 47.2 Å². The fraction of sp³-hybridized carbons (Fsp3) is 0.600. The van der Waals surface area contributed by atoms with E-state index >= 15 is 0 Å². The maximum absolute atomic E-state index is 12.6. The number of anilines is 2.